The molecule has 1 aromatic rings. The Labute approximate surface area is 175 Å². The molecule has 0 radical (unpaired) electrons. The summed E-state index contributed by atoms with van der Waals surface area (Å²) in [5.41, 5.74) is 0.991. The highest BCUT2D eigenvalue weighted by Crippen LogP contribution is 2.22. The smallest absolute Gasteiger partial charge is 0.240 e. The van der Waals surface area contributed by atoms with E-state index < -0.39 is 10.0 Å². The van der Waals surface area contributed by atoms with Crippen molar-refractivity contribution in [3.63, 3.8) is 0 Å². The molecule has 8 heteroatoms. The number of sulfonamides is 1. The van der Waals surface area contributed by atoms with Crippen LogP contribution in [0.1, 0.15) is 51.5 Å². The normalized spacial score (nSPS) is 19.3. The van der Waals surface area contributed by atoms with E-state index in [-0.39, 0.29) is 6.04 Å². The van der Waals surface area contributed by atoms with Crippen molar-refractivity contribution in [2.24, 2.45) is 4.99 Å². The van der Waals surface area contributed by atoms with Crippen molar-refractivity contribution >= 4 is 16.0 Å². The summed E-state index contributed by atoms with van der Waals surface area (Å²) in [6.07, 6.45) is 5.34. The highest BCUT2D eigenvalue weighted by atomic mass is 32.2. The number of likely N-dealkylation sites (tertiary alicyclic amines) is 1. The van der Waals surface area contributed by atoms with Gasteiger partial charge in [0.2, 0.25) is 10.0 Å². The molecule has 1 aliphatic carbocycles. The van der Waals surface area contributed by atoms with E-state index in [0.29, 0.717) is 17.5 Å². The molecule has 0 aromatic heterocycles. The Bertz CT molecular complexity index is 767. The molecule has 0 unspecified atom stereocenters. The third kappa shape index (κ3) is 6.97. The standard InChI is InChI=1S/C21H35N5O2S/c1-3-13-26-14-11-18(12-15-26)24-21(22-4-2)23-16-17-5-9-20(10-6-17)29(27,28)25-19-7-8-19/h5-6,9-10,18-19,25H,3-4,7-8,11-16H2,1-2H3,(H2,22,23,24). The van der Waals surface area contributed by atoms with Crippen LogP contribution in [0.15, 0.2) is 34.2 Å². The lowest BCUT2D eigenvalue weighted by Crippen LogP contribution is -2.48. The molecule has 1 heterocycles. The van der Waals surface area contributed by atoms with Gasteiger partial charge in [-0.15, -0.1) is 0 Å². The van der Waals surface area contributed by atoms with E-state index in [2.05, 4.69) is 34.1 Å². The predicted molar refractivity (Wildman–Crippen MR) is 117 cm³/mol. The van der Waals surface area contributed by atoms with Gasteiger partial charge in [0, 0.05) is 31.7 Å². The van der Waals surface area contributed by atoms with Crippen molar-refractivity contribution in [3.05, 3.63) is 29.8 Å². The van der Waals surface area contributed by atoms with Gasteiger partial charge in [-0.2, -0.15) is 0 Å². The first-order valence-electron chi connectivity index (χ1n) is 10.9. The lowest BCUT2D eigenvalue weighted by atomic mass is 10.1. The molecule has 0 atom stereocenters. The van der Waals surface area contributed by atoms with E-state index in [1.54, 1.807) is 12.1 Å². The number of nitrogens with one attached hydrogen (secondary N) is 3. The molecule has 3 rings (SSSR count). The Morgan fingerprint density at radius 1 is 1.07 bits per heavy atom. The summed E-state index contributed by atoms with van der Waals surface area (Å²) in [7, 11) is -3.40. The molecule has 0 bridgehead atoms. The van der Waals surface area contributed by atoms with Crippen LogP contribution in [0, 0.1) is 0 Å². The van der Waals surface area contributed by atoms with Gasteiger partial charge in [-0.25, -0.2) is 18.1 Å². The zero-order valence-electron chi connectivity index (χ0n) is 17.7. The van der Waals surface area contributed by atoms with Gasteiger partial charge in [-0.1, -0.05) is 19.1 Å². The second-order valence-electron chi connectivity index (χ2n) is 7.99. The monoisotopic (exact) mass is 421 g/mol. The number of hydrogen-bond donors (Lipinski definition) is 3. The van der Waals surface area contributed by atoms with Crippen LogP contribution in [0.3, 0.4) is 0 Å². The summed E-state index contributed by atoms with van der Waals surface area (Å²) >= 11 is 0. The first-order valence-corrected chi connectivity index (χ1v) is 12.4. The molecule has 7 nitrogen and oxygen atoms in total. The van der Waals surface area contributed by atoms with Crippen molar-refractivity contribution in [2.75, 3.05) is 26.2 Å². The van der Waals surface area contributed by atoms with Crippen molar-refractivity contribution < 1.29 is 8.42 Å². The minimum atomic E-state index is -3.40. The number of piperidine rings is 1. The Balaban J connectivity index is 1.54. The Kier molecular flexibility index (Phi) is 7.91. The third-order valence-electron chi connectivity index (χ3n) is 5.37. The fourth-order valence-electron chi connectivity index (χ4n) is 3.56. The average molecular weight is 422 g/mol. The topological polar surface area (TPSA) is 85.8 Å². The quantitative estimate of drug-likeness (QED) is 0.420. The van der Waals surface area contributed by atoms with Gasteiger partial charge in [-0.05, 0) is 63.3 Å². The van der Waals surface area contributed by atoms with Gasteiger partial charge < -0.3 is 15.5 Å². The van der Waals surface area contributed by atoms with E-state index in [1.807, 2.05) is 12.1 Å². The predicted octanol–water partition coefficient (Wildman–Crippen LogP) is 2.06. The molecular weight excluding hydrogens is 386 g/mol. The van der Waals surface area contributed by atoms with E-state index in [1.165, 1.54) is 13.0 Å². The fourth-order valence-corrected chi connectivity index (χ4v) is 4.87. The van der Waals surface area contributed by atoms with Crippen molar-refractivity contribution in [1.82, 2.24) is 20.3 Å². The van der Waals surface area contributed by atoms with Gasteiger partial charge in [-0.3, -0.25) is 0 Å². The number of nitrogens with zero attached hydrogens (tertiary/aromatic N) is 2. The molecule has 1 aliphatic heterocycles. The van der Waals surface area contributed by atoms with Crippen LogP contribution >= 0.6 is 0 Å². The second-order valence-corrected chi connectivity index (χ2v) is 9.71. The Hall–Kier alpha value is -1.64. The minimum absolute atomic E-state index is 0.117. The Morgan fingerprint density at radius 2 is 1.76 bits per heavy atom. The van der Waals surface area contributed by atoms with Gasteiger partial charge in [0.25, 0.3) is 0 Å². The molecule has 1 saturated carbocycles. The molecule has 2 fully saturated rings. The summed E-state index contributed by atoms with van der Waals surface area (Å²) in [5, 5.41) is 6.88. The van der Waals surface area contributed by atoms with Crippen LogP contribution in [-0.4, -0.2) is 57.5 Å². The molecule has 3 N–H and O–H groups in total. The molecular formula is C21H35N5O2S. The van der Waals surface area contributed by atoms with Crippen LogP contribution < -0.4 is 15.4 Å². The van der Waals surface area contributed by atoms with E-state index in [9.17, 15) is 8.42 Å². The van der Waals surface area contributed by atoms with Crippen molar-refractivity contribution in [2.45, 2.75) is 69.5 Å². The molecule has 1 saturated heterocycles. The molecule has 162 valence electrons. The summed E-state index contributed by atoms with van der Waals surface area (Å²) in [6, 6.07) is 7.59. The lowest BCUT2D eigenvalue weighted by Gasteiger charge is -2.32. The number of benzene rings is 1. The van der Waals surface area contributed by atoms with Crippen LogP contribution in [-0.2, 0) is 16.6 Å². The minimum Gasteiger partial charge on any atom is -0.357 e. The highest BCUT2D eigenvalue weighted by molar-refractivity contribution is 7.89. The van der Waals surface area contributed by atoms with Crippen molar-refractivity contribution in [3.8, 4) is 0 Å². The van der Waals surface area contributed by atoms with Crippen LogP contribution in [0.25, 0.3) is 0 Å². The number of aliphatic imine (C=N–C) groups is 1. The molecule has 2 aliphatic rings. The van der Waals surface area contributed by atoms with Crippen LogP contribution in [0.5, 0.6) is 0 Å². The summed E-state index contributed by atoms with van der Waals surface area (Å²) in [4.78, 5) is 7.54. The number of guanidine groups is 1. The van der Waals surface area contributed by atoms with Gasteiger partial charge in [0.05, 0.1) is 11.4 Å². The Morgan fingerprint density at radius 3 is 2.34 bits per heavy atom. The summed E-state index contributed by atoms with van der Waals surface area (Å²) in [6.45, 7) is 9.07. The highest BCUT2D eigenvalue weighted by Gasteiger charge is 2.27. The molecule has 0 amide bonds. The first-order chi connectivity index (χ1) is 14.0. The van der Waals surface area contributed by atoms with Gasteiger partial charge >= 0.3 is 0 Å². The van der Waals surface area contributed by atoms with Crippen LogP contribution in [0.2, 0.25) is 0 Å². The SMILES string of the molecule is CCCN1CCC(NC(=NCc2ccc(S(=O)(=O)NC3CC3)cc2)NCC)CC1. The molecule has 29 heavy (non-hydrogen) atoms. The second kappa shape index (κ2) is 10.4. The first kappa shape index (κ1) is 22.1. The summed E-state index contributed by atoms with van der Waals surface area (Å²) < 4.78 is 27.2. The van der Waals surface area contributed by atoms with Gasteiger partial charge in [0.1, 0.15) is 0 Å². The lowest BCUT2D eigenvalue weighted by molar-refractivity contribution is 0.206. The van der Waals surface area contributed by atoms with Gasteiger partial charge in [0.15, 0.2) is 5.96 Å². The maximum absolute atomic E-state index is 12.3. The zero-order chi connectivity index (χ0) is 20.7. The summed E-state index contributed by atoms with van der Waals surface area (Å²) in [5.74, 6) is 0.827. The maximum Gasteiger partial charge on any atom is 0.240 e. The maximum atomic E-state index is 12.3. The molecule has 0 spiro atoms. The molecule has 1 aromatic carbocycles. The number of hydrogen-bond acceptors (Lipinski definition) is 4. The fraction of sp³-hybridized carbons (Fsp3) is 0.667. The van der Waals surface area contributed by atoms with Crippen LogP contribution in [0.4, 0.5) is 0 Å². The zero-order valence-corrected chi connectivity index (χ0v) is 18.5. The number of rotatable bonds is 9. The van der Waals surface area contributed by atoms with Crippen molar-refractivity contribution in [1.29, 1.82) is 0 Å². The van der Waals surface area contributed by atoms with E-state index in [0.717, 1.165) is 56.8 Å². The van der Waals surface area contributed by atoms with E-state index in [4.69, 9.17) is 4.99 Å². The van der Waals surface area contributed by atoms with E-state index >= 15 is 0 Å². The average Bonchev–Trinajstić information content (AvgIpc) is 3.52. The third-order valence-corrected chi connectivity index (χ3v) is 6.90. The largest absolute Gasteiger partial charge is 0.357 e.